The van der Waals surface area contributed by atoms with Gasteiger partial charge in [0.15, 0.2) is 0 Å². The lowest BCUT2D eigenvalue weighted by Gasteiger charge is -2.06. The van der Waals surface area contributed by atoms with Crippen molar-refractivity contribution in [3.8, 4) is 22.9 Å². The highest BCUT2D eigenvalue weighted by molar-refractivity contribution is 5.61. The largest absolute Gasteiger partial charge is 0.424 e. The smallest absolute Gasteiger partial charge is 0.321 e. The lowest BCUT2D eigenvalue weighted by atomic mass is 10.1. The second-order valence-electron chi connectivity index (χ2n) is 4.98. The van der Waals surface area contributed by atoms with Gasteiger partial charge in [-0.05, 0) is 41.8 Å². The number of benzene rings is 2. The molecule has 0 bridgehead atoms. The van der Waals surface area contributed by atoms with E-state index in [1.54, 1.807) is 24.5 Å². The molecular weight excluding hydrogens is 295 g/mol. The minimum Gasteiger partial charge on any atom is -0.424 e. The summed E-state index contributed by atoms with van der Waals surface area (Å²) in [6.07, 6.45) is 3.88. The molecule has 0 saturated carbocycles. The molecule has 3 aromatic rings. The average molecular weight is 310 g/mol. The first-order valence-corrected chi connectivity index (χ1v) is 7.20. The molecule has 2 aromatic carbocycles. The number of aliphatic hydroxyl groups is 1. The maximum Gasteiger partial charge on any atom is 0.321 e. The molecule has 0 aliphatic rings. The minimum absolute atomic E-state index is 0.119. The molecule has 0 amide bonds. The third-order valence-corrected chi connectivity index (χ3v) is 3.34. The van der Waals surface area contributed by atoms with E-state index in [4.69, 9.17) is 9.84 Å². The van der Waals surface area contributed by atoms with Crippen LogP contribution in [0.3, 0.4) is 0 Å². The molecule has 1 heterocycles. The van der Waals surface area contributed by atoms with E-state index in [2.05, 4.69) is 9.97 Å². The van der Waals surface area contributed by atoms with Crippen LogP contribution in [0.2, 0.25) is 0 Å². The maximum atomic E-state index is 12.9. The van der Waals surface area contributed by atoms with Gasteiger partial charge in [0.05, 0.1) is 0 Å². The van der Waals surface area contributed by atoms with Crippen LogP contribution in [0.5, 0.6) is 11.8 Å². The number of halogens is 1. The molecule has 0 fully saturated rings. The molecule has 0 aliphatic heterocycles. The van der Waals surface area contributed by atoms with Gasteiger partial charge in [-0.2, -0.15) is 0 Å². The van der Waals surface area contributed by atoms with Gasteiger partial charge in [0.1, 0.15) is 11.6 Å². The number of ether oxygens (including phenoxy) is 1. The summed E-state index contributed by atoms with van der Waals surface area (Å²) in [6, 6.07) is 13.8. The summed E-state index contributed by atoms with van der Waals surface area (Å²) in [5, 5.41) is 8.89. The van der Waals surface area contributed by atoms with Crippen molar-refractivity contribution >= 4 is 0 Å². The van der Waals surface area contributed by atoms with Gasteiger partial charge in [0.25, 0.3) is 0 Å². The first-order chi connectivity index (χ1) is 11.2. The number of aliphatic hydroxyl groups excluding tert-OH is 1. The first-order valence-electron chi connectivity index (χ1n) is 7.20. The van der Waals surface area contributed by atoms with E-state index in [-0.39, 0.29) is 18.4 Å². The Kier molecular flexibility index (Phi) is 4.59. The normalized spacial score (nSPS) is 10.5. The zero-order valence-electron chi connectivity index (χ0n) is 12.3. The van der Waals surface area contributed by atoms with Crippen LogP contribution >= 0.6 is 0 Å². The topological polar surface area (TPSA) is 55.2 Å². The van der Waals surface area contributed by atoms with Crippen molar-refractivity contribution in [1.82, 2.24) is 9.97 Å². The summed E-state index contributed by atoms with van der Waals surface area (Å²) < 4.78 is 18.5. The molecule has 0 unspecified atom stereocenters. The van der Waals surface area contributed by atoms with Crippen LogP contribution in [-0.4, -0.2) is 21.7 Å². The second-order valence-corrected chi connectivity index (χ2v) is 4.98. The molecule has 116 valence electrons. The number of hydrogen-bond acceptors (Lipinski definition) is 4. The van der Waals surface area contributed by atoms with E-state index in [0.717, 1.165) is 16.7 Å². The Balaban J connectivity index is 1.70. The van der Waals surface area contributed by atoms with E-state index in [1.165, 1.54) is 12.1 Å². The van der Waals surface area contributed by atoms with Crippen molar-refractivity contribution < 1.29 is 14.2 Å². The molecule has 23 heavy (non-hydrogen) atoms. The lowest BCUT2D eigenvalue weighted by molar-refractivity contribution is 0.299. The van der Waals surface area contributed by atoms with E-state index in [1.807, 2.05) is 24.3 Å². The fourth-order valence-corrected chi connectivity index (χ4v) is 2.12. The highest BCUT2D eigenvalue weighted by Crippen LogP contribution is 2.22. The van der Waals surface area contributed by atoms with E-state index in [9.17, 15) is 4.39 Å². The summed E-state index contributed by atoms with van der Waals surface area (Å²) >= 11 is 0. The second kappa shape index (κ2) is 6.98. The van der Waals surface area contributed by atoms with E-state index < -0.39 is 0 Å². The van der Waals surface area contributed by atoms with Gasteiger partial charge in [-0.1, -0.05) is 24.3 Å². The highest BCUT2D eigenvalue weighted by atomic mass is 19.1. The van der Waals surface area contributed by atoms with Crippen LogP contribution < -0.4 is 4.74 Å². The van der Waals surface area contributed by atoms with Crippen LogP contribution in [0.25, 0.3) is 11.1 Å². The molecule has 1 N–H and O–H groups in total. The SMILES string of the molecule is OCCc1ccc(Oc2ncc(-c3ccc(F)cc3)cn2)cc1. The molecule has 0 saturated heterocycles. The Hall–Kier alpha value is -2.79. The Morgan fingerprint density at radius 3 is 2.13 bits per heavy atom. The van der Waals surface area contributed by atoms with Crippen LogP contribution in [-0.2, 0) is 6.42 Å². The Bertz CT molecular complexity index is 757. The van der Waals surface area contributed by atoms with Crippen molar-refractivity contribution in [3.63, 3.8) is 0 Å². The molecule has 0 atom stereocenters. The number of hydrogen-bond donors (Lipinski definition) is 1. The predicted octanol–water partition coefficient (Wildman–Crippen LogP) is 3.61. The molecule has 0 radical (unpaired) electrons. The highest BCUT2D eigenvalue weighted by Gasteiger charge is 2.03. The summed E-state index contributed by atoms with van der Waals surface area (Å²) in [4.78, 5) is 8.33. The molecule has 5 heteroatoms. The van der Waals surface area contributed by atoms with Gasteiger partial charge in [-0.15, -0.1) is 0 Å². The average Bonchev–Trinajstić information content (AvgIpc) is 2.58. The fourth-order valence-electron chi connectivity index (χ4n) is 2.12. The Labute approximate surface area is 133 Å². The van der Waals surface area contributed by atoms with Gasteiger partial charge in [-0.25, -0.2) is 14.4 Å². The Morgan fingerprint density at radius 2 is 1.52 bits per heavy atom. The quantitative estimate of drug-likeness (QED) is 0.782. The van der Waals surface area contributed by atoms with Crippen LogP contribution in [0.1, 0.15) is 5.56 Å². The standard InChI is InChI=1S/C18H15FN2O2/c19-16-5-3-14(4-6-16)15-11-20-18(21-12-15)23-17-7-1-13(2-8-17)9-10-22/h1-8,11-12,22H,9-10H2. The summed E-state index contributed by atoms with van der Waals surface area (Å²) in [5.74, 6) is 0.348. The summed E-state index contributed by atoms with van der Waals surface area (Å²) in [5.41, 5.74) is 2.66. The number of rotatable bonds is 5. The van der Waals surface area contributed by atoms with Gasteiger partial charge in [0, 0.05) is 24.6 Å². The number of nitrogens with zero attached hydrogens (tertiary/aromatic N) is 2. The fraction of sp³-hybridized carbons (Fsp3) is 0.111. The summed E-state index contributed by atoms with van der Waals surface area (Å²) in [7, 11) is 0. The van der Waals surface area contributed by atoms with Gasteiger partial charge in [-0.3, -0.25) is 0 Å². The Morgan fingerprint density at radius 1 is 0.870 bits per heavy atom. The minimum atomic E-state index is -0.278. The third kappa shape index (κ3) is 3.90. The van der Waals surface area contributed by atoms with E-state index >= 15 is 0 Å². The lowest BCUT2D eigenvalue weighted by Crippen LogP contribution is -1.93. The molecule has 3 rings (SSSR count). The van der Waals surface area contributed by atoms with E-state index in [0.29, 0.717) is 12.2 Å². The van der Waals surface area contributed by atoms with Crippen LogP contribution in [0, 0.1) is 5.82 Å². The third-order valence-electron chi connectivity index (χ3n) is 3.34. The van der Waals surface area contributed by atoms with Crippen LogP contribution in [0.15, 0.2) is 60.9 Å². The molecule has 4 nitrogen and oxygen atoms in total. The predicted molar refractivity (Wildman–Crippen MR) is 84.7 cm³/mol. The molecule has 1 aromatic heterocycles. The number of aromatic nitrogens is 2. The van der Waals surface area contributed by atoms with Crippen LogP contribution in [0.4, 0.5) is 4.39 Å². The summed E-state index contributed by atoms with van der Waals surface area (Å²) in [6.45, 7) is 0.119. The molecule has 0 aliphatic carbocycles. The van der Waals surface area contributed by atoms with Crippen molar-refractivity contribution in [2.24, 2.45) is 0 Å². The van der Waals surface area contributed by atoms with Crippen molar-refractivity contribution in [2.75, 3.05) is 6.61 Å². The monoisotopic (exact) mass is 310 g/mol. The first kappa shape index (κ1) is 15.1. The van der Waals surface area contributed by atoms with Gasteiger partial charge >= 0.3 is 6.01 Å². The molecule has 0 spiro atoms. The van der Waals surface area contributed by atoms with Gasteiger partial charge in [0.2, 0.25) is 0 Å². The van der Waals surface area contributed by atoms with Crippen molar-refractivity contribution in [3.05, 3.63) is 72.3 Å². The maximum absolute atomic E-state index is 12.9. The zero-order chi connectivity index (χ0) is 16.1. The molecular formula is C18H15FN2O2. The zero-order valence-corrected chi connectivity index (χ0v) is 12.3. The van der Waals surface area contributed by atoms with Crippen molar-refractivity contribution in [1.29, 1.82) is 0 Å². The van der Waals surface area contributed by atoms with Crippen molar-refractivity contribution in [2.45, 2.75) is 6.42 Å². The van der Waals surface area contributed by atoms with Gasteiger partial charge < -0.3 is 9.84 Å².